The fraction of sp³-hybridized carbons (Fsp3) is 0.375. The standard InChI is InChI=1S/C16H16F2N2O2/c1-3-15(21)20(10-13-7-16(13,17)18)9-11-4-5-14(22-2)12(6-11)8-19/h3-6,13H,1,7,9-10H2,2H3. The van der Waals surface area contributed by atoms with E-state index in [0.29, 0.717) is 16.9 Å². The van der Waals surface area contributed by atoms with E-state index in [4.69, 9.17) is 10.00 Å². The Balaban J connectivity index is 2.15. The van der Waals surface area contributed by atoms with Crippen LogP contribution in [0, 0.1) is 17.2 Å². The number of nitriles is 1. The number of methoxy groups -OCH3 is 1. The molecule has 1 aromatic rings. The zero-order valence-corrected chi connectivity index (χ0v) is 12.2. The lowest BCUT2D eigenvalue weighted by molar-refractivity contribution is -0.127. The summed E-state index contributed by atoms with van der Waals surface area (Å²) in [4.78, 5) is 13.2. The second kappa shape index (κ2) is 6.14. The fourth-order valence-electron chi connectivity index (χ4n) is 2.26. The molecule has 0 heterocycles. The van der Waals surface area contributed by atoms with Gasteiger partial charge in [0.2, 0.25) is 5.91 Å². The second-order valence-electron chi connectivity index (χ2n) is 5.23. The van der Waals surface area contributed by atoms with E-state index in [9.17, 15) is 13.6 Å². The smallest absolute Gasteiger partial charge is 0.253 e. The van der Waals surface area contributed by atoms with Crippen molar-refractivity contribution in [2.45, 2.75) is 18.9 Å². The van der Waals surface area contributed by atoms with Gasteiger partial charge in [0.15, 0.2) is 0 Å². The first kappa shape index (κ1) is 16.0. The molecule has 116 valence electrons. The van der Waals surface area contributed by atoms with Gasteiger partial charge >= 0.3 is 0 Å². The summed E-state index contributed by atoms with van der Waals surface area (Å²) in [5.74, 6) is -3.46. The third-order valence-electron chi connectivity index (χ3n) is 3.64. The molecule has 0 saturated heterocycles. The average Bonchev–Trinajstić information content (AvgIpc) is 3.12. The van der Waals surface area contributed by atoms with Gasteiger partial charge < -0.3 is 9.64 Å². The second-order valence-corrected chi connectivity index (χ2v) is 5.23. The minimum Gasteiger partial charge on any atom is -0.495 e. The molecular weight excluding hydrogens is 290 g/mol. The van der Waals surface area contributed by atoms with Gasteiger partial charge in [0.05, 0.1) is 12.7 Å². The highest BCUT2D eigenvalue weighted by Crippen LogP contribution is 2.49. The highest BCUT2D eigenvalue weighted by Gasteiger charge is 2.57. The maximum atomic E-state index is 13.1. The highest BCUT2D eigenvalue weighted by molar-refractivity contribution is 5.87. The lowest BCUT2D eigenvalue weighted by atomic mass is 10.1. The zero-order chi connectivity index (χ0) is 16.3. The molecule has 1 fully saturated rings. The maximum Gasteiger partial charge on any atom is 0.253 e. The van der Waals surface area contributed by atoms with E-state index < -0.39 is 17.7 Å². The fourth-order valence-corrected chi connectivity index (χ4v) is 2.26. The maximum absolute atomic E-state index is 13.1. The lowest BCUT2D eigenvalue weighted by Crippen LogP contribution is -2.32. The Hall–Kier alpha value is -2.42. The molecule has 22 heavy (non-hydrogen) atoms. The molecule has 1 atom stereocenters. The van der Waals surface area contributed by atoms with E-state index in [-0.39, 0.29) is 19.5 Å². The molecule has 0 aliphatic heterocycles. The molecule has 0 bridgehead atoms. The SMILES string of the molecule is C=CC(=O)N(Cc1ccc(OC)c(C#N)c1)CC1CC1(F)F. The first-order chi connectivity index (χ1) is 10.4. The molecule has 4 nitrogen and oxygen atoms in total. The highest BCUT2D eigenvalue weighted by atomic mass is 19.3. The lowest BCUT2D eigenvalue weighted by Gasteiger charge is -2.21. The number of halogens is 2. The van der Waals surface area contributed by atoms with Crippen LogP contribution in [-0.4, -0.2) is 30.4 Å². The summed E-state index contributed by atoms with van der Waals surface area (Å²) >= 11 is 0. The van der Waals surface area contributed by atoms with Gasteiger partial charge in [-0.3, -0.25) is 4.79 Å². The average molecular weight is 306 g/mol. The van der Waals surface area contributed by atoms with Gasteiger partial charge in [-0.05, 0) is 23.8 Å². The predicted molar refractivity (Wildman–Crippen MR) is 76.4 cm³/mol. The summed E-state index contributed by atoms with van der Waals surface area (Å²) in [6.45, 7) is 3.52. The number of benzene rings is 1. The van der Waals surface area contributed by atoms with Gasteiger partial charge in [0, 0.05) is 25.4 Å². The molecule has 1 aliphatic carbocycles. The normalized spacial score (nSPS) is 18.2. The molecule has 1 aliphatic rings. The molecule has 1 unspecified atom stereocenters. The number of amides is 1. The summed E-state index contributed by atoms with van der Waals surface area (Å²) in [5, 5.41) is 9.06. The molecule has 1 aromatic carbocycles. The van der Waals surface area contributed by atoms with Gasteiger partial charge in [0.1, 0.15) is 11.8 Å². The van der Waals surface area contributed by atoms with Crippen molar-refractivity contribution in [3.8, 4) is 11.8 Å². The topological polar surface area (TPSA) is 53.3 Å². The largest absolute Gasteiger partial charge is 0.495 e. The van der Waals surface area contributed by atoms with Crippen molar-refractivity contribution in [2.24, 2.45) is 5.92 Å². The Morgan fingerprint density at radius 2 is 2.32 bits per heavy atom. The summed E-state index contributed by atoms with van der Waals surface area (Å²) < 4.78 is 31.2. The van der Waals surface area contributed by atoms with Crippen LogP contribution in [0.1, 0.15) is 17.5 Å². The van der Waals surface area contributed by atoms with Crippen LogP contribution < -0.4 is 4.74 Å². The van der Waals surface area contributed by atoms with Crippen LogP contribution in [0.2, 0.25) is 0 Å². The van der Waals surface area contributed by atoms with Crippen LogP contribution in [0.15, 0.2) is 30.9 Å². The van der Waals surface area contributed by atoms with E-state index in [1.165, 1.54) is 12.0 Å². The minimum atomic E-state index is -2.68. The number of carbonyl (C=O) groups is 1. The Morgan fingerprint density at radius 1 is 1.64 bits per heavy atom. The van der Waals surface area contributed by atoms with Crippen molar-refractivity contribution in [3.05, 3.63) is 42.0 Å². The Bertz CT molecular complexity index is 638. The van der Waals surface area contributed by atoms with Crippen LogP contribution in [-0.2, 0) is 11.3 Å². The van der Waals surface area contributed by atoms with Gasteiger partial charge in [-0.2, -0.15) is 5.26 Å². The van der Waals surface area contributed by atoms with Crippen LogP contribution in [0.4, 0.5) is 8.78 Å². The van der Waals surface area contributed by atoms with Crippen molar-refractivity contribution in [2.75, 3.05) is 13.7 Å². The molecule has 0 radical (unpaired) electrons. The molecule has 0 aromatic heterocycles. The number of carbonyl (C=O) groups excluding carboxylic acids is 1. The number of hydrogen-bond acceptors (Lipinski definition) is 3. The number of hydrogen-bond donors (Lipinski definition) is 0. The van der Waals surface area contributed by atoms with Crippen LogP contribution in [0.25, 0.3) is 0 Å². The zero-order valence-electron chi connectivity index (χ0n) is 12.2. The molecule has 0 N–H and O–H groups in total. The van der Waals surface area contributed by atoms with Crippen LogP contribution in [0.5, 0.6) is 5.75 Å². The summed E-state index contributed by atoms with van der Waals surface area (Å²) in [5.41, 5.74) is 1.01. The molecule has 0 spiro atoms. The van der Waals surface area contributed by atoms with Crippen LogP contribution >= 0.6 is 0 Å². The van der Waals surface area contributed by atoms with E-state index in [1.807, 2.05) is 6.07 Å². The Morgan fingerprint density at radius 3 is 2.82 bits per heavy atom. The van der Waals surface area contributed by atoms with Crippen molar-refractivity contribution >= 4 is 5.91 Å². The predicted octanol–water partition coefficient (Wildman–Crippen LogP) is 2.74. The quantitative estimate of drug-likeness (QED) is 0.759. The number of nitrogens with zero attached hydrogens (tertiary/aromatic N) is 2. The monoisotopic (exact) mass is 306 g/mol. The minimum absolute atomic E-state index is 0.0221. The van der Waals surface area contributed by atoms with Gasteiger partial charge in [-0.15, -0.1) is 0 Å². The summed E-state index contributed by atoms with van der Waals surface area (Å²) in [6.07, 6.45) is 0.912. The van der Waals surface area contributed by atoms with Gasteiger partial charge in [0.25, 0.3) is 5.92 Å². The van der Waals surface area contributed by atoms with E-state index >= 15 is 0 Å². The number of alkyl halides is 2. The molecular formula is C16H16F2N2O2. The van der Waals surface area contributed by atoms with E-state index in [1.54, 1.807) is 18.2 Å². The van der Waals surface area contributed by atoms with Crippen molar-refractivity contribution in [3.63, 3.8) is 0 Å². The van der Waals surface area contributed by atoms with E-state index in [0.717, 1.165) is 6.08 Å². The molecule has 2 rings (SSSR count). The molecule has 6 heteroatoms. The third kappa shape index (κ3) is 3.42. The first-order valence-corrected chi connectivity index (χ1v) is 6.77. The van der Waals surface area contributed by atoms with Gasteiger partial charge in [-0.25, -0.2) is 8.78 Å². The van der Waals surface area contributed by atoms with Gasteiger partial charge in [-0.1, -0.05) is 12.6 Å². The molecule has 1 saturated carbocycles. The molecule has 1 amide bonds. The number of ether oxygens (including phenoxy) is 1. The Labute approximate surface area is 127 Å². The van der Waals surface area contributed by atoms with Crippen molar-refractivity contribution < 1.29 is 18.3 Å². The van der Waals surface area contributed by atoms with Crippen LogP contribution in [0.3, 0.4) is 0 Å². The van der Waals surface area contributed by atoms with Crippen molar-refractivity contribution in [1.82, 2.24) is 4.90 Å². The Kier molecular flexibility index (Phi) is 4.45. The van der Waals surface area contributed by atoms with Crippen molar-refractivity contribution in [1.29, 1.82) is 5.26 Å². The summed E-state index contributed by atoms with van der Waals surface area (Å²) in [6, 6.07) is 6.92. The first-order valence-electron chi connectivity index (χ1n) is 6.77. The summed E-state index contributed by atoms with van der Waals surface area (Å²) in [7, 11) is 1.46. The number of rotatable bonds is 6. The van der Waals surface area contributed by atoms with E-state index in [2.05, 4.69) is 6.58 Å². The third-order valence-corrected chi connectivity index (χ3v) is 3.64.